The molecule has 0 radical (unpaired) electrons. The Labute approximate surface area is 201 Å². The zero-order valence-corrected chi connectivity index (χ0v) is 19.5. The van der Waals surface area contributed by atoms with Crippen LogP contribution in [0.15, 0.2) is 59.5 Å². The van der Waals surface area contributed by atoms with E-state index in [0.29, 0.717) is 11.4 Å². The summed E-state index contributed by atoms with van der Waals surface area (Å²) in [7, 11) is -3.28. The molecule has 1 aliphatic rings. The van der Waals surface area contributed by atoms with Gasteiger partial charge >= 0.3 is 29.6 Å². The summed E-state index contributed by atoms with van der Waals surface area (Å²) in [6.07, 6.45) is 0. The SMILES string of the molecule is COc1cccc(Nc2cc(S(=O)(=O)O)c(N)c3c2C(=O)c2ccccc2C3=O)c1.[H-].[Na+]. The number of nitrogens with one attached hydrogen (secondary N) is 1. The summed E-state index contributed by atoms with van der Waals surface area (Å²) in [5.74, 6) is -0.567. The van der Waals surface area contributed by atoms with Gasteiger partial charge in [0, 0.05) is 22.9 Å². The first kappa shape index (κ1) is 23.0. The number of carbonyl (C=O) groups excluding carboxylic acids is 2. The summed E-state index contributed by atoms with van der Waals surface area (Å²) in [6.45, 7) is 0. The Hall–Kier alpha value is -2.69. The number of carbonyl (C=O) groups is 2. The Morgan fingerprint density at radius 3 is 2.16 bits per heavy atom. The summed E-state index contributed by atoms with van der Waals surface area (Å²) in [6, 6.07) is 13.9. The quantitative estimate of drug-likeness (QED) is 0.228. The second kappa shape index (κ2) is 8.45. The van der Waals surface area contributed by atoms with Crippen LogP contribution in [0.5, 0.6) is 5.75 Å². The standard InChI is InChI=1S/C21H16N2O6S.Na.H/c1-29-12-6-4-5-11(9-12)23-15-10-16(30(26,27)28)19(22)18-17(15)20(24)13-7-2-3-8-14(13)21(18)25;;/h2-10,23H,22H2,1H3,(H,26,27,28);;/q;+1;-1. The van der Waals surface area contributed by atoms with Crippen molar-refractivity contribution in [1.29, 1.82) is 0 Å². The fourth-order valence-corrected chi connectivity index (χ4v) is 4.11. The summed E-state index contributed by atoms with van der Waals surface area (Å²) in [5, 5.41) is 2.94. The molecule has 0 saturated heterocycles. The minimum atomic E-state index is -4.77. The molecular weight excluding hydrogens is 431 g/mol. The third kappa shape index (κ3) is 3.98. The molecule has 4 N–H and O–H groups in total. The molecule has 154 valence electrons. The van der Waals surface area contributed by atoms with Crippen LogP contribution in [-0.2, 0) is 10.1 Å². The van der Waals surface area contributed by atoms with Crippen molar-refractivity contribution in [3.05, 3.63) is 76.9 Å². The van der Waals surface area contributed by atoms with Crippen molar-refractivity contribution in [1.82, 2.24) is 0 Å². The van der Waals surface area contributed by atoms with E-state index in [1.165, 1.54) is 19.2 Å². The van der Waals surface area contributed by atoms with E-state index in [9.17, 15) is 22.6 Å². The molecule has 4 rings (SSSR count). The van der Waals surface area contributed by atoms with Gasteiger partial charge in [0.05, 0.1) is 29.6 Å². The van der Waals surface area contributed by atoms with Gasteiger partial charge in [-0.05, 0) is 18.2 Å². The van der Waals surface area contributed by atoms with E-state index in [4.69, 9.17) is 10.5 Å². The number of benzene rings is 3. The van der Waals surface area contributed by atoms with Gasteiger partial charge < -0.3 is 17.2 Å². The summed E-state index contributed by atoms with van der Waals surface area (Å²) < 4.78 is 38.6. The van der Waals surface area contributed by atoms with Crippen LogP contribution in [0.2, 0.25) is 0 Å². The predicted molar refractivity (Wildman–Crippen MR) is 111 cm³/mol. The molecule has 0 atom stereocenters. The van der Waals surface area contributed by atoms with E-state index >= 15 is 0 Å². The Bertz CT molecular complexity index is 1340. The molecule has 0 unspecified atom stereocenters. The molecule has 0 heterocycles. The molecule has 0 fully saturated rings. The maximum absolute atomic E-state index is 13.2. The van der Waals surface area contributed by atoms with Crippen LogP contribution < -0.4 is 45.3 Å². The molecular formula is C21H17N2NaO6S. The molecule has 31 heavy (non-hydrogen) atoms. The normalized spacial score (nSPS) is 12.5. The number of ether oxygens (including phenoxy) is 1. The smallest absolute Gasteiger partial charge is 1.00 e. The van der Waals surface area contributed by atoms with Crippen LogP contribution >= 0.6 is 0 Å². The third-order valence-electron chi connectivity index (χ3n) is 4.83. The number of nitrogens with two attached hydrogens (primary N) is 1. The molecule has 1 aliphatic carbocycles. The first-order chi connectivity index (χ1) is 14.2. The zero-order valence-electron chi connectivity index (χ0n) is 17.7. The van der Waals surface area contributed by atoms with Gasteiger partial charge in [-0.15, -0.1) is 0 Å². The number of anilines is 3. The van der Waals surface area contributed by atoms with Gasteiger partial charge in [0.2, 0.25) is 0 Å². The second-order valence-electron chi connectivity index (χ2n) is 6.62. The zero-order chi connectivity index (χ0) is 21.6. The van der Waals surface area contributed by atoms with E-state index in [1.54, 1.807) is 36.4 Å². The topological polar surface area (TPSA) is 136 Å². The van der Waals surface area contributed by atoms with Crippen molar-refractivity contribution in [3.63, 3.8) is 0 Å². The van der Waals surface area contributed by atoms with Crippen LogP contribution in [0.3, 0.4) is 0 Å². The number of rotatable bonds is 4. The van der Waals surface area contributed by atoms with Gasteiger partial charge in [-0.2, -0.15) is 8.42 Å². The predicted octanol–water partition coefficient (Wildman–Crippen LogP) is 0.160. The Balaban J connectivity index is 0.00000181. The second-order valence-corrected chi connectivity index (χ2v) is 8.01. The maximum atomic E-state index is 13.2. The van der Waals surface area contributed by atoms with E-state index < -0.39 is 32.3 Å². The van der Waals surface area contributed by atoms with Crippen molar-refractivity contribution in [2.24, 2.45) is 0 Å². The number of fused-ring (bicyclic) bond motifs is 2. The Kier molecular flexibility index (Phi) is 6.26. The van der Waals surface area contributed by atoms with Crippen molar-refractivity contribution in [3.8, 4) is 5.75 Å². The maximum Gasteiger partial charge on any atom is 1.00 e. The van der Waals surface area contributed by atoms with Crippen molar-refractivity contribution in [2.75, 3.05) is 18.2 Å². The molecule has 0 aromatic heterocycles. The molecule has 0 aliphatic heterocycles. The van der Waals surface area contributed by atoms with E-state index in [-0.39, 0.29) is 58.9 Å². The number of hydrogen-bond donors (Lipinski definition) is 3. The Morgan fingerprint density at radius 2 is 1.58 bits per heavy atom. The third-order valence-corrected chi connectivity index (χ3v) is 5.72. The molecule has 0 saturated carbocycles. The fraction of sp³-hybridized carbons (Fsp3) is 0.0476. The average Bonchev–Trinajstić information content (AvgIpc) is 2.72. The molecule has 0 bridgehead atoms. The van der Waals surface area contributed by atoms with Crippen LogP contribution in [0.25, 0.3) is 0 Å². The van der Waals surface area contributed by atoms with Crippen molar-refractivity contribution >= 4 is 38.7 Å². The van der Waals surface area contributed by atoms with Crippen molar-refractivity contribution in [2.45, 2.75) is 4.90 Å². The summed E-state index contributed by atoms with van der Waals surface area (Å²) >= 11 is 0. The molecule has 0 amide bonds. The van der Waals surface area contributed by atoms with Gasteiger partial charge in [-0.1, -0.05) is 30.3 Å². The van der Waals surface area contributed by atoms with Crippen LogP contribution in [0.4, 0.5) is 17.1 Å². The number of ketones is 2. The number of methoxy groups -OCH3 is 1. The largest absolute Gasteiger partial charge is 1.00 e. The molecule has 3 aromatic carbocycles. The first-order valence-electron chi connectivity index (χ1n) is 8.76. The average molecular weight is 448 g/mol. The first-order valence-corrected chi connectivity index (χ1v) is 10.2. The van der Waals surface area contributed by atoms with Gasteiger partial charge in [0.25, 0.3) is 10.1 Å². The molecule has 10 heteroatoms. The number of nitrogen functional groups attached to an aromatic ring is 1. The van der Waals surface area contributed by atoms with Crippen LogP contribution in [0, 0.1) is 0 Å². The van der Waals surface area contributed by atoms with Crippen LogP contribution in [0.1, 0.15) is 33.3 Å². The minimum Gasteiger partial charge on any atom is -1.00 e. The van der Waals surface area contributed by atoms with Gasteiger partial charge in [0.1, 0.15) is 10.6 Å². The van der Waals surface area contributed by atoms with Gasteiger partial charge in [0.15, 0.2) is 11.6 Å². The van der Waals surface area contributed by atoms with Gasteiger partial charge in [-0.25, -0.2) is 0 Å². The van der Waals surface area contributed by atoms with E-state index in [2.05, 4.69) is 5.32 Å². The minimum absolute atomic E-state index is 0. The molecule has 0 spiro atoms. The number of hydrogen-bond acceptors (Lipinski definition) is 7. The Morgan fingerprint density at radius 1 is 0.968 bits per heavy atom. The van der Waals surface area contributed by atoms with Gasteiger partial charge in [-0.3, -0.25) is 14.1 Å². The summed E-state index contributed by atoms with van der Waals surface area (Å²) in [4.78, 5) is 25.7. The van der Waals surface area contributed by atoms with Crippen LogP contribution in [-0.4, -0.2) is 31.6 Å². The van der Waals surface area contributed by atoms with Crippen molar-refractivity contribution < 1.29 is 58.3 Å². The van der Waals surface area contributed by atoms with E-state index in [0.717, 1.165) is 6.07 Å². The monoisotopic (exact) mass is 448 g/mol. The van der Waals surface area contributed by atoms with E-state index in [1.807, 2.05) is 0 Å². The molecule has 3 aromatic rings. The fourth-order valence-electron chi connectivity index (χ4n) is 3.46. The summed E-state index contributed by atoms with van der Waals surface area (Å²) in [5.41, 5.74) is 5.94. The molecule has 8 nitrogen and oxygen atoms in total.